The Bertz CT molecular complexity index is 1100. The number of benzene rings is 1. The molecule has 0 radical (unpaired) electrons. The van der Waals surface area contributed by atoms with E-state index < -0.39 is 30.4 Å². The third-order valence-electron chi connectivity index (χ3n) is 6.88. The number of ether oxygens (including phenoxy) is 2. The fourth-order valence-electron chi connectivity index (χ4n) is 3.82. The Hall–Kier alpha value is -2.94. The van der Waals surface area contributed by atoms with Crippen LogP contribution >= 0.6 is 0 Å². The van der Waals surface area contributed by atoms with Crippen molar-refractivity contribution >= 4 is 13.1 Å². The zero-order valence-electron chi connectivity index (χ0n) is 22.7. The second-order valence-electron chi connectivity index (χ2n) is 10.4. The van der Waals surface area contributed by atoms with E-state index in [1.165, 1.54) is 0 Å². The summed E-state index contributed by atoms with van der Waals surface area (Å²) in [4.78, 5) is 17.0. The van der Waals surface area contributed by atoms with Crippen LogP contribution in [0.5, 0.6) is 5.75 Å². The molecule has 1 saturated heterocycles. The van der Waals surface area contributed by atoms with Crippen molar-refractivity contribution in [3.63, 3.8) is 0 Å². The Balaban J connectivity index is 1.95. The normalized spacial score (nSPS) is 17.5. The second-order valence-corrected chi connectivity index (χ2v) is 10.4. The van der Waals surface area contributed by atoms with Crippen LogP contribution in [0, 0.1) is 5.92 Å². The maximum Gasteiger partial charge on any atom is 0.494 e. The van der Waals surface area contributed by atoms with E-state index in [9.17, 15) is 4.79 Å². The predicted octanol–water partition coefficient (Wildman–Crippen LogP) is 5.51. The topological polar surface area (TPSA) is 87.1 Å². The number of carbonyl (C=O) groups excluding carboxylic acids is 1. The summed E-state index contributed by atoms with van der Waals surface area (Å²) in [5.74, 6) is 0.291. The van der Waals surface area contributed by atoms with Crippen molar-refractivity contribution in [2.24, 2.45) is 5.92 Å². The van der Waals surface area contributed by atoms with Crippen LogP contribution in [-0.4, -0.2) is 47.6 Å². The fourth-order valence-corrected chi connectivity index (χ4v) is 3.82. The molecular formula is C29H38BNO6. The second kappa shape index (κ2) is 12.1. The molecular weight excluding hydrogens is 469 g/mol. The van der Waals surface area contributed by atoms with E-state index in [2.05, 4.69) is 25.4 Å². The van der Waals surface area contributed by atoms with E-state index in [1.54, 1.807) is 30.6 Å². The molecule has 0 bridgehead atoms. The molecule has 8 heteroatoms. The number of aliphatic hydroxyl groups excluding tert-OH is 1. The molecule has 0 amide bonds. The standard InChI is InChI=1S/C29H38BNO6/c1-20(2)21(3)25(30-36-28(4,5)29(6,7)37-30)11-12-26(35-27(33)22-13-15-31-16-14-22)23-9-8-10-24(19-23)34-18-17-32/h8-11,13-16,19-20,26,32H,3,12,17-18H2,1-2,4-7H3/b25-11-/t26-/m0/s1. The minimum Gasteiger partial charge on any atom is -0.491 e. The van der Waals surface area contributed by atoms with Crippen molar-refractivity contribution in [1.82, 2.24) is 4.98 Å². The molecule has 37 heavy (non-hydrogen) atoms. The molecule has 0 aliphatic carbocycles. The van der Waals surface area contributed by atoms with E-state index >= 15 is 0 Å². The van der Waals surface area contributed by atoms with Gasteiger partial charge in [0.25, 0.3) is 0 Å². The number of aromatic nitrogens is 1. The largest absolute Gasteiger partial charge is 0.494 e. The molecule has 1 atom stereocenters. The van der Waals surface area contributed by atoms with Gasteiger partial charge in [-0.3, -0.25) is 4.98 Å². The predicted molar refractivity (Wildman–Crippen MR) is 144 cm³/mol. The van der Waals surface area contributed by atoms with Crippen LogP contribution < -0.4 is 4.74 Å². The summed E-state index contributed by atoms with van der Waals surface area (Å²) >= 11 is 0. The first-order valence-corrected chi connectivity index (χ1v) is 12.6. The molecule has 2 aromatic rings. The van der Waals surface area contributed by atoms with Crippen molar-refractivity contribution in [2.75, 3.05) is 13.2 Å². The molecule has 0 unspecified atom stereocenters. The van der Waals surface area contributed by atoms with Gasteiger partial charge in [0.05, 0.1) is 23.4 Å². The number of allylic oxidation sites excluding steroid dienone is 2. The van der Waals surface area contributed by atoms with Crippen LogP contribution in [0.4, 0.5) is 0 Å². The van der Waals surface area contributed by atoms with Crippen LogP contribution in [0.1, 0.15) is 70.0 Å². The quantitative estimate of drug-likeness (QED) is 0.244. The Morgan fingerprint density at radius 1 is 1.14 bits per heavy atom. The lowest BCUT2D eigenvalue weighted by Crippen LogP contribution is -2.41. The van der Waals surface area contributed by atoms with E-state index in [1.807, 2.05) is 52.0 Å². The maximum atomic E-state index is 13.0. The average Bonchev–Trinajstić information content (AvgIpc) is 3.08. The third-order valence-corrected chi connectivity index (χ3v) is 6.88. The summed E-state index contributed by atoms with van der Waals surface area (Å²) in [7, 11) is -0.587. The molecule has 1 aliphatic heterocycles. The van der Waals surface area contributed by atoms with Crippen molar-refractivity contribution in [3.8, 4) is 5.75 Å². The fraction of sp³-hybridized carbons (Fsp3) is 0.448. The summed E-state index contributed by atoms with van der Waals surface area (Å²) in [5, 5.41) is 9.13. The number of pyridine rings is 1. The Kier molecular flexibility index (Phi) is 9.34. The van der Waals surface area contributed by atoms with Crippen molar-refractivity contribution in [3.05, 3.63) is 83.6 Å². The zero-order valence-corrected chi connectivity index (χ0v) is 22.7. The van der Waals surface area contributed by atoms with Crippen molar-refractivity contribution in [2.45, 2.75) is 65.3 Å². The SMILES string of the molecule is C=C(/C(=C/C[C@H](OC(=O)c1ccncc1)c1cccc(OCCO)c1)B1OC(C)(C)C(C)(C)O1)C(C)C. The molecule has 7 nitrogen and oxygen atoms in total. The van der Waals surface area contributed by atoms with Gasteiger partial charge in [-0.15, -0.1) is 0 Å². The van der Waals surface area contributed by atoms with Gasteiger partial charge in [-0.2, -0.15) is 0 Å². The number of rotatable bonds is 11. The molecule has 0 saturated carbocycles. The summed E-state index contributed by atoms with van der Waals surface area (Å²) in [6.07, 6.45) is 4.85. The lowest BCUT2D eigenvalue weighted by Gasteiger charge is -2.32. The van der Waals surface area contributed by atoms with Gasteiger partial charge in [0.15, 0.2) is 0 Å². The highest BCUT2D eigenvalue weighted by atomic mass is 16.7. The summed E-state index contributed by atoms with van der Waals surface area (Å²) in [5.41, 5.74) is 1.91. The van der Waals surface area contributed by atoms with Crippen molar-refractivity contribution < 1.29 is 28.7 Å². The highest BCUT2D eigenvalue weighted by Crippen LogP contribution is 2.41. The van der Waals surface area contributed by atoms with Crippen LogP contribution in [0.25, 0.3) is 0 Å². The van der Waals surface area contributed by atoms with Gasteiger partial charge in [-0.05, 0) is 68.9 Å². The van der Waals surface area contributed by atoms with Gasteiger partial charge >= 0.3 is 13.1 Å². The van der Waals surface area contributed by atoms with Gasteiger partial charge < -0.3 is 23.9 Å². The summed E-state index contributed by atoms with van der Waals surface area (Å²) in [6, 6.07) is 10.6. The van der Waals surface area contributed by atoms with Gasteiger partial charge in [-0.1, -0.05) is 44.2 Å². The number of hydrogen-bond acceptors (Lipinski definition) is 7. The number of nitrogens with zero attached hydrogens (tertiary/aromatic N) is 1. The molecule has 1 N–H and O–H groups in total. The van der Waals surface area contributed by atoms with Crippen molar-refractivity contribution in [1.29, 1.82) is 0 Å². The minimum absolute atomic E-state index is 0.0951. The molecule has 1 aliphatic rings. The highest BCUT2D eigenvalue weighted by Gasteiger charge is 2.52. The summed E-state index contributed by atoms with van der Waals surface area (Å²) < 4.78 is 24.3. The molecule has 1 fully saturated rings. The van der Waals surface area contributed by atoms with E-state index in [4.69, 9.17) is 23.9 Å². The van der Waals surface area contributed by atoms with Crippen LogP contribution in [-0.2, 0) is 14.0 Å². The molecule has 198 valence electrons. The summed E-state index contributed by atoms with van der Waals surface area (Å²) in [6.45, 7) is 16.6. The van der Waals surface area contributed by atoms with E-state index in [0.29, 0.717) is 17.7 Å². The van der Waals surface area contributed by atoms with Crippen LogP contribution in [0.15, 0.2) is 72.5 Å². The Morgan fingerprint density at radius 3 is 2.38 bits per heavy atom. The molecule has 2 heterocycles. The molecule has 1 aromatic carbocycles. The minimum atomic E-state index is -0.615. The van der Waals surface area contributed by atoms with Gasteiger partial charge in [0, 0.05) is 18.8 Å². The van der Waals surface area contributed by atoms with Gasteiger partial charge in [0.2, 0.25) is 0 Å². The monoisotopic (exact) mass is 507 g/mol. The molecule has 0 spiro atoms. The lowest BCUT2D eigenvalue weighted by atomic mass is 9.70. The Labute approximate surface area is 220 Å². The average molecular weight is 507 g/mol. The smallest absolute Gasteiger partial charge is 0.491 e. The Morgan fingerprint density at radius 2 is 1.78 bits per heavy atom. The number of hydrogen-bond donors (Lipinski definition) is 1. The first-order valence-electron chi connectivity index (χ1n) is 12.6. The van der Waals surface area contributed by atoms with E-state index in [0.717, 1.165) is 16.6 Å². The number of aliphatic hydroxyl groups is 1. The zero-order chi connectivity index (χ0) is 27.2. The van der Waals surface area contributed by atoms with Crippen LogP contribution in [0.3, 0.4) is 0 Å². The highest BCUT2D eigenvalue weighted by molar-refractivity contribution is 6.56. The van der Waals surface area contributed by atoms with Gasteiger partial charge in [-0.25, -0.2) is 4.79 Å². The lowest BCUT2D eigenvalue weighted by molar-refractivity contribution is 0.00578. The third kappa shape index (κ3) is 7.09. The molecule has 3 rings (SSSR count). The number of carbonyl (C=O) groups is 1. The number of esters is 1. The van der Waals surface area contributed by atoms with Gasteiger partial charge in [0.1, 0.15) is 18.5 Å². The maximum absolute atomic E-state index is 13.0. The van der Waals surface area contributed by atoms with E-state index in [-0.39, 0.29) is 19.1 Å². The first kappa shape index (κ1) is 28.6. The van der Waals surface area contributed by atoms with Crippen LogP contribution in [0.2, 0.25) is 0 Å². The molecule has 1 aromatic heterocycles. The first-order chi connectivity index (χ1) is 17.4.